The topological polar surface area (TPSA) is 66.8 Å². The molecule has 5 heteroatoms. The second kappa shape index (κ2) is 5.51. The van der Waals surface area contributed by atoms with Crippen LogP contribution in [0.25, 0.3) is 0 Å². The molecule has 0 amide bonds. The average Bonchev–Trinajstić information content (AvgIpc) is 2.58. The molecule has 2 rings (SSSR count). The smallest absolute Gasteiger partial charge is 0.303 e. The fraction of sp³-hybridized carbons (Fsp3) is 0.625. The molecule has 1 aromatic rings. The lowest BCUT2D eigenvalue weighted by Gasteiger charge is -2.41. The zero-order valence-electron chi connectivity index (χ0n) is 13.2. The molecule has 1 saturated carbocycles. The van der Waals surface area contributed by atoms with E-state index >= 15 is 0 Å². The van der Waals surface area contributed by atoms with Crippen LogP contribution in [0.3, 0.4) is 0 Å². The maximum Gasteiger partial charge on any atom is 0.470 e. The third kappa shape index (κ3) is 3.09. The third-order valence-corrected chi connectivity index (χ3v) is 5.92. The average molecular weight is 312 g/mol. The molecule has 1 aromatic carbocycles. The quantitative estimate of drug-likeness (QED) is 0.824. The molecule has 0 heterocycles. The van der Waals surface area contributed by atoms with E-state index in [1.807, 2.05) is 32.9 Å². The van der Waals surface area contributed by atoms with Gasteiger partial charge in [-0.25, -0.2) is 4.57 Å². The Balaban J connectivity index is 2.39. The van der Waals surface area contributed by atoms with Gasteiger partial charge in [-0.15, -0.1) is 0 Å². The second-order valence-corrected chi connectivity index (χ2v) is 7.84. The van der Waals surface area contributed by atoms with Gasteiger partial charge in [-0.05, 0) is 43.2 Å². The van der Waals surface area contributed by atoms with Crippen LogP contribution in [0.2, 0.25) is 0 Å². The van der Waals surface area contributed by atoms with Gasteiger partial charge in [0.25, 0.3) is 0 Å². The van der Waals surface area contributed by atoms with Crippen molar-refractivity contribution in [3.8, 4) is 0 Å². The molecule has 0 bridgehead atoms. The van der Waals surface area contributed by atoms with Gasteiger partial charge in [0.15, 0.2) is 0 Å². The van der Waals surface area contributed by atoms with E-state index in [2.05, 4.69) is 19.1 Å². The van der Waals surface area contributed by atoms with E-state index in [9.17, 15) is 14.4 Å². The molecular formula is C16H25O4P. The predicted molar refractivity (Wildman–Crippen MR) is 83.1 cm³/mol. The van der Waals surface area contributed by atoms with Crippen LogP contribution in [0.5, 0.6) is 0 Å². The van der Waals surface area contributed by atoms with Crippen LogP contribution in [0.1, 0.15) is 57.6 Å². The monoisotopic (exact) mass is 312 g/mol. The second-order valence-electron chi connectivity index (χ2n) is 6.68. The Morgan fingerprint density at radius 1 is 1.29 bits per heavy atom. The minimum Gasteiger partial charge on any atom is -0.303 e. The maximum absolute atomic E-state index is 11.3. The van der Waals surface area contributed by atoms with Crippen molar-refractivity contribution >= 4 is 7.82 Å². The number of aryl methyl sites for hydroxylation is 1. The Hall–Kier alpha value is -0.670. The summed E-state index contributed by atoms with van der Waals surface area (Å²) in [6.45, 7) is 8.05. The van der Waals surface area contributed by atoms with Gasteiger partial charge in [0.05, 0.1) is 5.60 Å². The summed E-state index contributed by atoms with van der Waals surface area (Å²) in [5, 5.41) is 0. The van der Waals surface area contributed by atoms with E-state index < -0.39 is 13.4 Å². The van der Waals surface area contributed by atoms with Crippen molar-refractivity contribution in [1.82, 2.24) is 0 Å². The summed E-state index contributed by atoms with van der Waals surface area (Å²) in [6, 6.07) is 8.33. The summed E-state index contributed by atoms with van der Waals surface area (Å²) in [6.07, 6.45) is 2.48. The first kappa shape index (κ1) is 16.7. The highest BCUT2D eigenvalue weighted by Gasteiger charge is 2.55. The van der Waals surface area contributed by atoms with Gasteiger partial charge in [0.2, 0.25) is 0 Å². The molecule has 2 N–H and O–H groups in total. The lowest BCUT2D eigenvalue weighted by Crippen LogP contribution is -2.41. The van der Waals surface area contributed by atoms with Crippen molar-refractivity contribution < 1.29 is 18.9 Å². The highest BCUT2D eigenvalue weighted by Crippen LogP contribution is 2.61. The normalized spacial score (nSPS) is 28.8. The number of hydrogen-bond donors (Lipinski definition) is 2. The zero-order chi connectivity index (χ0) is 15.9. The first-order chi connectivity index (χ1) is 9.61. The summed E-state index contributed by atoms with van der Waals surface area (Å²) >= 11 is 0. The highest BCUT2D eigenvalue weighted by molar-refractivity contribution is 7.46. The Labute approximate surface area is 126 Å². The molecule has 0 spiro atoms. The number of phosphoric acid groups is 1. The standard InChI is InChI=1S/C16H25O4P/c1-5-12-8-6-7-9-13(12)14-10-11-16(4,15(14,2)3)20-21(17,18)19/h6-9,14H,5,10-11H2,1-4H3,(H2,17,18,19). The van der Waals surface area contributed by atoms with Crippen LogP contribution in [0.4, 0.5) is 0 Å². The molecule has 0 aromatic heterocycles. The van der Waals surface area contributed by atoms with Crippen molar-refractivity contribution in [3.63, 3.8) is 0 Å². The lowest BCUT2D eigenvalue weighted by molar-refractivity contribution is -0.0289. The van der Waals surface area contributed by atoms with Gasteiger partial charge < -0.3 is 9.79 Å². The van der Waals surface area contributed by atoms with E-state index in [-0.39, 0.29) is 11.3 Å². The molecule has 0 saturated heterocycles. The zero-order valence-corrected chi connectivity index (χ0v) is 14.1. The molecule has 1 fully saturated rings. The van der Waals surface area contributed by atoms with Crippen LogP contribution < -0.4 is 0 Å². The molecule has 2 unspecified atom stereocenters. The molecule has 1 aliphatic rings. The number of hydrogen-bond acceptors (Lipinski definition) is 2. The van der Waals surface area contributed by atoms with Crippen LogP contribution >= 0.6 is 7.82 Å². The molecule has 21 heavy (non-hydrogen) atoms. The van der Waals surface area contributed by atoms with Crippen molar-refractivity contribution in [3.05, 3.63) is 35.4 Å². The van der Waals surface area contributed by atoms with E-state index in [1.54, 1.807) is 0 Å². The number of rotatable bonds is 4. The summed E-state index contributed by atoms with van der Waals surface area (Å²) in [4.78, 5) is 18.4. The molecule has 4 nitrogen and oxygen atoms in total. The van der Waals surface area contributed by atoms with Crippen molar-refractivity contribution in [2.24, 2.45) is 5.41 Å². The van der Waals surface area contributed by atoms with E-state index in [4.69, 9.17) is 4.52 Å². The Bertz CT molecular complexity index is 563. The van der Waals surface area contributed by atoms with Gasteiger partial charge in [-0.1, -0.05) is 45.0 Å². The SMILES string of the molecule is CCc1ccccc1C1CCC(C)(OP(=O)(O)O)C1(C)C. The molecule has 1 aliphatic carbocycles. The van der Waals surface area contributed by atoms with Gasteiger partial charge in [0, 0.05) is 5.41 Å². The minimum atomic E-state index is -4.50. The first-order valence-corrected chi connectivity index (χ1v) is 8.98. The summed E-state index contributed by atoms with van der Waals surface area (Å²) in [5.41, 5.74) is 1.41. The lowest BCUT2D eigenvalue weighted by atomic mass is 9.70. The maximum atomic E-state index is 11.3. The van der Waals surface area contributed by atoms with Crippen LogP contribution in [-0.4, -0.2) is 15.4 Å². The van der Waals surface area contributed by atoms with Crippen molar-refractivity contribution in [1.29, 1.82) is 0 Å². The molecule has 2 atom stereocenters. The van der Waals surface area contributed by atoms with E-state index in [0.29, 0.717) is 6.42 Å². The Kier molecular flexibility index (Phi) is 4.38. The molecular weight excluding hydrogens is 287 g/mol. The Morgan fingerprint density at radius 2 is 1.90 bits per heavy atom. The van der Waals surface area contributed by atoms with Crippen molar-refractivity contribution in [2.75, 3.05) is 0 Å². The van der Waals surface area contributed by atoms with E-state index in [0.717, 1.165) is 12.8 Å². The van der Waals surface area contributed by atoms with E-state index in [1.165, 1.54) is 11.1 Å². The summed E-state index contributed by atoms with van der Waals surface area (Å²) in [7, 11) is -4.50. The molecule has 118 valence electrons. The highest BCUT2D eigenvalue weighted by atomic mass is 31.2. The van der Waals surface area contributed by atoms with Crippen LogP contribution in [-0.2, 0) is 15.5 Å². The van der Waals surface area contributed by atoms with Gasteiger partial charge in [-0.3, -0.25) is 4.52 Å². The summed E-state index contributed by atoms with van der Waals surface area (Å²) < 4.78 is 16.5. The molecule has 0 aliphatic heterocycles. The van der Waals surface area contributed by atoms with Crippen molar-refractivity contribution in [2.45, 2.75) is 58.5 Å². The largest absolute Gasteiger partial charge is 0.470 e. The first-order valence-electron chi connectivity index (χ1n) is 7.45. The minimum absolute atomic E-state index is 0.241. The summed E-state index contributed by atoms with van der Waals surface area (Å²) in [5.74, 6) is 0.241. The van der Waals surface area contributed by atoms with Crippen LogP contribution in [0.15, 0.2) is 24.3 Å². The number of phosphoric ester groups is 1. The fourth-order valence-corrected chi connectivity index (χ4v) is 4.49. The predicted octanol–water partition coefficient (Wildman–Crippen LogP) is 4.02. The number of benzene rings is 1. The fourth-order valence-electron chi connectivity index (χ4n) is 3.64. The van der Waals surface area contributed by atoms with Crippen LogP contribution in [0, 0.1) is 5.41 Å². The molecule has 0 radical (unpaired) electrons. The Morgan fingerprint density at radius 3 is 2.48 bits per heavy atom. The van der Waals surface area contributed by atoms with Gasteiger partial charge in [0.1, 0.15) is 0 Å². The van der Waals surface area contributed by atoms with Gasteiger partial charge in [-0.2, -0.15) is 0 Å². The van der Waals surface area contributed by atoms with Gasteiger partial charge >= 0.3 is 7.82 Å². The third-order valence-electron chi connectivity index (χ3n) is 5.28.